The Balaban J connectivity index is 2.02. The van der Waals surface area contributed by atoms with Crippen molar-refractivity contribution in [3.05, 3.63) is 36.5 Å². The summed E-state index contributed by atoms with van der Waals surface area (Å²) in [4.78, 5) is 7.96. The molecule has 100 valence electrons. The second kappa shape index (κ2) is 6.55. The van der Waals surface area contributed by atoms with Crippen molar-refractivity contribution in [2.45, 2.75) is 13.3 Å². The number of aromatic nitrogens is 2. The van der Waals surface area contributed by atoms with Crippen molar-refractivity contribution in [2.75, 3.05) is 12.0 Å². The van der Waals surface area contributed by atoms with E-state index in [1.54, 1.807) is 12.3 Å². The summed E-state index contributed by atoms with van der Waals surface area (Å²) >= 11 is 0. The van der Waals surface area contributed by atoms with E-state index in [2.05, 4.69) is 22.3 Å². The molecule has 0 saturated carbocycles. The number of benzene rings is 1. The van der Waals surface area contributed by atoms with Crippen LogP contribution in [-0.4, -0.2) is 16.6 Å². The van der Waals surface area contributed by atoms with Crippen LogP contribution in [0.4, 0.5) is 5.95 Å². The summed E-state index contributed by atoms with van der Waals surface area (Å²) in [6, 6.07) is 9.01. The van der Waals surface area contributed by atoms with Crippen LogP contribution in [0.3, 0.4) is 0 Å². The molecule has 0 fully saturated rings. The Bertz CT molecular complexity index is 516. The molecule has 0 aliphatic rings. The molecule has 0 unspecified atom stereocenters. The summed E-state index contributed by atoms with van der Waals surface area (Å²) in [6.07, 6.45) is 2.55. The fourth-order valence-corrected chi connectivity index (χ4v) is 1.41. The lowest BCUT2D eigenvalue weighted by Gasteiger charge is -2.07. The average molecular weight is 260 g/mol. The highest BCUT2D eigenvalue weighted by atomic mass is 16.5. The molecular formula is C13H16N4O2. The summed E-state index contributed by atoms with van der Waals surface area (Å²) in [7, 11) is 0. The van der Waals surface area contributed by atoms with Crippen LogP contribution < -0.4 is 20.7 Å². The zero-order valence-electron chi connectivity index (χ0n) is 10.7. The number of nitrogens with one attached hydrogen (secondary N) is 1. The molecule has 0 radical (unpaired) electrons. The van der Waals surface area contributed by atoms with Gasteiger partial charge >= 0.3 is 0 Å². The maximum atomic E-state index is 5.58. The van der Waals surface area contributed by atoms with Crippen molar-refractivity contribution in [2.24, 2.45) is 5.84 Å². The minimum Gasteiger partial charge on any atom is -0.494 e. The van der Waals surface area contributed by atoms with Crippen LogP contribution in [0.15, 0.2) is 36.5 Å². The Kier molecular flexibility index (Phi) is 4.52. The third kappa shape index (κ3) is 3.82. The quantitative estimate of drug-likeness (QED) is 0.612. The van der Waals surface area contributed by atoms with Crippen LogP contribution in [0, 0.1) is 0 Å². The van der Waals surface area contributed by atoms with Crippen molar-refractivity contribution >= 4 is 5.95 Å². The minimum atomic E-state index is 0.306. The normalized spacial score (nSPS) is 10.0. The Hall–Kier alpha value is -2.34. The van der Waals surface area contributed by atoms with Crippen LogP contribution in [0.5, 0.6) is 17.4 Å². The zero-order valence-corrected chi connectivity index (χ0v) is 10.7. The number of nitrogens with two attached hydrogens (primary N) is 1. The molecule has 1 aromatic heterocycles. The van der Waals surface area contributed by atoms with Crippen LogP contribution in [0.25, 0.3) is 0 Å². The molecule has 6 heteroatoms. The van der Waals surface area contributed by atoms with Crippen LogP contribution in [0.2, 0.25) is 0 Å². The molecule has 0 aliphatic carbocycles. The van der Waals surface area contributed by atoms with Gasteiger partial charge in [0.25, 0.3) is 0 Å². The Labute approximate surface area is 111 Å². The summed E-state index contributed by atoms with van der Waals surface area (Å²) in [5, 5.41) is 0. The van der Waals surface area contributed by atoms with Crippen molar-refractivity contribution in [3.8, 4) is 17.4 Å². The highest BCUT2D eigenvalue weighted by molar-refractivity contribution is 5.34. The van der Waals surface area contributed by atoms with Gasteiger partial charge in [-0.3, -0.25) is 5.43 Å². The van der Waals surface area contributed by atoms with E-state index in [1.807, 2.05) is 24.3 Å². The fourth-order valence-electron chi connectivity index (χ4n) is 1.41. The van der Waals surface area contributed by atoms with Gasteiger partial charge in [-0.25, -0.2) is 10.8 Å². The fraction of sp³-hybridized carbons (Fsp3) is 0.231. The average Bonchev–Trinajstić information content (AvgIpc) is 2.47. The van der Waals surface area contributed by atoms with Crippen molar-refractivity contribution in [1.29, 1.82) is 0 Å². The van der Waals surface area contributed by atoms with Gasteiger partial charge in [0.15, 0.2) is 0 Å². The number of hydrogen-bond donors (Lipinski definition) is 2. The maximum Gasteiger partial charge on any atom is 0.240 e. The number of hydrogen-bond acceptors (Lipinski definition) is 6. The zero-order chi connectivity index (χ0) is 13.5. The topological polar surface area (TPSA) is 82.3 Å². The van der Waals surface area contributed by atoms with Crippen molar-refractivity contribution in [1.82, 2.24) is 9.97 Å². The SMILES string of the molecule is CCCOc1ccc(Oc2ccnc(NN)n2)cc1. The third-order valence-electron chi connectivity index (χ3n) is 2.28. The molecule has 3 N–H and O–H groups in total. The number of hydrazine groups is 1. The van der Waals surface area contributed by atoms with E-state index in [0.717, 1.165) is 12.2 Å². The van der Waals surface area contributed by atoms with E-state index < -0.39 is 0 Å². The van der Waals surface area contributed by atoms with Crippen molar-refractivity contribution < 1.29 is 9.47 Å². The predicted octanol–water partition coefficient (Wildman–Crippen LogP) is 2.34. The summed E-state index contributed by atoms with van der Waals surface area (Å²) in [5.41, 5.74) is 2.36. The maximum absolute atomic E-state index is 5.58. The van der Waals surface area contributed by atoms with Gasteiger partial charge in [0.2, 0.25) is 11.8 Å². The molecule has 0 aliphatic heterocycles. The molecule has 0 saturated heterocycles. The van der Waals surface area contributed by atoms with Gasteiger partial charge in [-0.05, 0) is 30.7 Å². The first kappa shape index (κ1) is 13.1. The number of nitrogens with zero attached hydrogens (tertiary/aromatic N) is 2. The Morgan fingerprint density at radius 1 is 1.16 bits per heavy atom. The first-order valence-electron chi connectivity index (χ1n) is 6.02. The van der Waals surface area contributed by atoms with E-state index in [4.69, 9.17) is 15.3 Å². The number of rotatable bonds is 6. The molecule has 0 atom stereocenters. The smallest absolute Gasteiger partial charge is 0.240 e. The molecule has 0 spiro atoms. The van der Waals surface area contributed by atoms with E-state index in [1.165, 1.54) is 0 Å². The van der Waals surface area contributed by atoms with E-state index >= 15 is 0 Å². The summed E-state index contributed by atoms with van der Waals surface area (Å²) < 4.78 is 11.1. The second-order valence-corrected chi connectivity index (χ2v) is 3.78. The molecule has 1 heterocycles. The first-order chi connectivity index (χ1) is 9.31. The van der Waals surface area contributed by atoms with Crippen molar-refractivity contribution in [3.63, 3.8) is 0 Å². The van der Waals surface area contributed by atoms with Gasteiger partial charge in [0.1, 0.15) is 11.5 Å². The first-order valence-corrected chi connectivity index (χ1v) is 6.02. The molecule has 6 nitrogen and oxygen atoms in total. The van der Waals surface area contributed by atoms with E-state index in [0.29, 0.717) is 24.2 Å². The second-order valence-electron chi connectivity index (χ2n) is 3.78. The van der Waals surface area contributed by atoms with Gasteiger partial charge in [-0.15, -0.1) is 0 Å². The van der Waals surface area contributed by atoms with Crippen LogP contribution in [-0.2, 0) is 0 Å². The third-order valence-corrected chi connectivity index (χ3v) is 2.28. The highest BCUT2D eigenvalue weighted by Gasteiger charge is 2.01. The Morgan fingerprint density at radius 2 is 1.89 bits per heavy atom. The minimum absolute atomic E-state index is 0.306. The summed E-state index contributed by atoms with van der Waals surface area (Å²) in [5.74, 6) is 7.45. The van der Waals surface area contributed by atoms with Gasteiger partial charge in [-0.2, -0.15) is 4.98 Å². The standard InChI is InChI=1S/C13H16N4O2/c1-2-9-18-10-3-5-11(6-4-10)19-12-7-8-15-13(16-12)17-14/h3-8H,2,9,14H2,1H3,(H,15,16,17). The molecular weight excluding hydrogens is 244 g/mol. The van der Waals surface area contributed by atoms with Gasteiger partial charge in [-0.1, -0.05) is 6.92 Å². The molecule has 19 heavy (non-hydrogen) atoms. The van der Waals surface area contributed by atoms with Gasteiger partial charge in [0.05, 0.1) is 6.61 Å². The van der Waals surface area contributed by atoms with E-state index in [-0.39, 0.29) is 0 Å². The van der Waals surface area contributed by atoms with E-state index in [9.17, 15) is 0 Å². The molecule has 1 aromatic carbocycles. The lowest BCUT2D eigenvalue weighted by Crippen LogP contribution is -2.10. The Morgan fingerprint density at radius 3 is 2.58 bits per heavy atom. The largest absolute Gasteiger partial charge is 0.494 e. The lowest BCUT2D eigenvalue weighted by molar-refractivity contribution is 0.317. The predicted molar refractivity (Wildman–Crippen MR) is 72.1 cm³/mol. The molecule has 2 rings (SSSR count). The van der Waals surface area contributed by atoms with Gasteiger partial charge in [0, 0.05) is 12.3 Å². The monoisotopic (exact) mass is 260 g/mol. The number of anilines is 1. The van der Waals surface area contributed by atoms with Gasteiger partial charge < -0.3 is 9.47 Å². The van der Waals surface area contributed by atoms with Crippen LogP contribution in [0.1, 0.15) is 13.3 Å². The molecule has 2 aromatic rings. The lowest BCUT2D eigenvalue weighted by atomic mass is 10.3. The number of ether oxygens (including phenoxy) is 2. The highest BCUT2D eigenvalue weighted by Crippen LogP contribution is 2.22. The summed E-state index contributed by atoms with van der Waals surface area (Å²) in [6.45, 7) is 2.77. The molecule has 0 bridgehead atoms. The number of nitrogen functional groups attached to an aromatic ring is 1. The van der Waals surface area contributed by atoms with Crippen LogP contribution >= 0.6 is 0 Å². The molecule has 0 amide bonds.